The Morgan fingerprint density at radius 2 is 1.53 bits per heavy atom. The smallest absolute Gasteiger partial charge is 0.251 e. The van der Waals surface area contributed by atoms with E-state index in [1.54, 1.807) is 16.7 Å². The molecule has 1 saturated heterocycles. The van der Waals surface area contributed by atoms with Crippen LogP contribution in [0.25, 0.3) is 0 Å². The number of piperidine rings is 1. The van der Waals surface area contributed by atoms with Gasteiger partial charge in [0.2, 0.25) is 0 Å². The highest BCUT2D eigenvalue weighted by molar-refractivity contribution is 5.82. The van der Waals surface area contributed by atoms with Gasteiger partial charge in [-0.3, -0.25) is 9.59 Å². The first-order chi connectivity index (χ1) is 15.4. The van der Waals surface area contributed by atoms with Crippen molar-refractivity contribution in [3.63, 3.8) is 0 Å². The van der Waals surface area contributed by atoms with Crippen LogP contribution in [0.5, 0.6) is 0 Å². The van der Waals surface area contributed by atoms with E-state index in [-0.39, 0.29) is 17.2 Å². The second-order valence-electron chi connectivity index (χ2n) is 9.09. The van der Waals surface area contributed by atoms with Crippen LogP contribution in [-0.4, -0.2) is 63.7 Å². The first kappa shape index (κ1) is 22.5. The van der Waals surface area contributed by atoms with Gasteiger partial charge in [0.25, 0.3) is 11.8 Å². The minimum Gasteiger partial charge on any atom is -0.383 e. The highest BCUT2D eigenvalue weighted by Crippen LogP contribution is 2.42. The largest absolute Gasteiger partial charge is 0.383 e. The number of hydrogen-bond donors (Lipinski definition) is 2. The summed E-state index contributed by atoms with van der Waals surface area (Å²) in [5.74, 6) is -0.458. The van der Waals surface area contributed by atoms with Crippen LogP contribution in [-0.2, 0) is 28.0 Å². The molecule has 2 atom stereocenters. The highest BCUT2D eigenvalue weighted by atomic mass is 16.3. The lowest BCUT2D eigenvalue weighted by molar-refractivity contribution is -0.145. The monoisotopic (exact) mass is 436 g/mol. The third-order valence-corrected chi connectivity index (χ3v) is 7.02. The average Bonchev–Trinajstić information content (AvgIpc) is 2.83. The number of aliphatic hydroxyl groups excluding tert-OH is 2. The highest BCUT2D eigenvalue weighted by Gasteiger charge is 2.44. The number of nitrogens with zero attached hydrogens (tertiary/aromatic N) is 2. The molecule has 4 rings (SSSR count). The van der Waals surface area contributed by atoms with Crippen molar-refractivity contribution in [2.75, 3.05) is 19.6 Å². The molecule has 0 unspecified atom stereocenters. The molecule has 170 valence electrons. The maximum atomic E-state index is 12.9. The molecule has 2 N–H and O–H groups in total. The molecule has 2 amide bonds. The summed E-state index contributed by atoms with van der Waals surface area (Å²) in [5.41, 5.74) is 3.05. The molecule has 2 heterocycles. The summed E-state index contributed by atoms with van der Waals surface area (Å²) in [7, 11) is 0. The van der Waals surface area contributed by atoms with E-state index in [0.717, 1.165) is 24.0 Å². The number of amides is 2. The molecule has 2 aliphatic heterocycles. The first-order valence-electron chi connectivity index (χ1n) is 11.5. The second-order valence-corrected chi connectivity index (χ2v) is 9.09. The Hall–Kier alpha value is -2.70. The lowest BCUT2D eigenvalue weighted by atomic mass is 9.68. The molecule has 0 radical (unpaired) electrons. The van der Waals surface area contributed by atoms with Crippen LogP contribution in [0.3, 0.4) is 0 Å². The van der Waals surface area contributed by atoms with Gasteiger partial charge in [0.05, 0.1) is 0 Å². The molecular weight excluding hydrogens is 404 g/mol. The third-order valence-electron chi connectivity index (χ3n) is 7.02. The van der Waals surface area contributed by atoms with Gasteiger partial charge in [-0.05, 0) is 36.0 Å². The number of carbonyl (C=O) groups is 2. The summed E-state index contributed by atoms with van der Waals surface area (Å²) < 4.78 is 0. The van der Waals surface area contributed by atoms with E-state index < -0.39 is 12.2 Å². The number of carbonyl (C=O) groups excluding carboxylic acids is 2. The van der Waals surface area contributed by atoms with E-state index in [2.05, 4.69) is 12.1 Å². The third kappa shape index (κ3) is 4.43. The number of fused-ring (bicyclic) bond motifs is 2. The minimum atomic E-state index is -1.05. The second kappa shape index (κ2) is 9.43. The van der Waals surface area contributed by atoms with Gasteiger partial charge in [0, 0.05) is 38.0 Å². The van der Waals surface area contributed by atoms with Gasteiger partial charge in [-0.15, -0.1) is 0 Å². The molecule has 0 aromatic heterocycles. The topological polar surface area (TPSA) is 81.1 Å². The van der Waals surface area contributed by atoms with Crippen LogP contribution in [0.2, 0.25) is 0 Å². The Kier molecular flexibility index (Phi) is 6.63. The molecule has 32 heavy (non-hydrogen) atoms. The molecule has 1 spiro atoms. The number of hydrogen-bond acceptors (Lipinski definition) is 4. The fraction of sp³-hybridized carbons (Fsp3) is 0.462. The SMILES string of the molecule is CC[C@H](O)C(=O)N1Cc2ccccc2C2(CCN(C(=O)[C@@H](O)Cc3ccccc3)CC2)C1. The summed E-state index contributed by atoms with van der Waals surface area (Å²) >= 11 is 0. The molecule has 6 heteroatoms. The summed E-state index contributed by atoms with van der Waals surface area (Å²) in [5, 5.41) is 20.7. The van der Waals surface area contributed by atoms with Gasteiger partial charge < -0.3 is 20.0 Å². The summed E-state index contributed by atoms with van der Waals surface area (Å²) in [6, 6.07) is 17.7. The molecule has 0 saturated carbocycles. The van der Waals surface area contributed by atoms with Crippen LogP contribution in [0.15, 0.2) is 54.6 Å². The van der Waals surface area contributed by atoms with E-state index in [4.69, 9.17) is 0 Å². The Bertz CT molecular complexity index is 953. The van der Waals surface area contributed by atoms with Crippen molar-refractivity contribution in [2.24, 2.45) is 0 Å². The Morgan fingerprint density at radius 1 is 0.906 bits per heavy atom. The molecule has 2 aromatic rings. The number of rotatable bonds is 5. The molecule has 0 aliphatic carbocycles. The first-order valence-corrected chi connectivity index (χ1v) is 11.5. The van der Waals surface area contributed by atoms with Gasteiger partial charge in [-0.25, -0.2) is 0 Å². The Balaban J connectivity index is 1.48. The predicted molar refractivity (Wildman–Crippen MR) is 122 cm³/mol. The van der Waals surface area contributed by atoms with E-state index in [1.165, 1.54) is 5.56 Å². The van der Waals surface area contributed by atoms with Crippen molar-refractivity contribution in [2.45, 2.75) is 56.8 Å². The van der Waals surface area contributed by atoms with Gasteiger partial charge >= 0.3 is 0 Å². The molecule has 1 fully saturated rings. The Labute approximate surface area is 189 Å². The fourth-order valence-corrected chi connectivity index (χ4v) is 5.15. The molecular formula is C26H32N2O4. The van der Waals surface area contributed by atoms with Crippen molar-refractivity contribution in [3.8, 4) is 0 Å². The van der Waals surface area contributed by atoms with E-state index >= 15 is 0 Å². The lowest BCUT2D eigenvalue weighted by Gasteiger charge is -2.49. The quantitative estimate of drug-likeness (QED) is 0.754. The van der Waals surface area contributed by atoms with Gasteiger partial charge in [-0.2, -0.15) is 0 Å². The van der Waals surface area contributed by atoms with Crippen molar-refractivity contribution in [1.29, 1.82) is 0 Å². The van der Waals surface area contributed by atoms with Crippen LogP contribution < -0.4 is 0 Å². The maximum Gasteiger partial charge on any atom is 0.251 e. The minimum absolute atomic E-state index is 0.224. The molecule has 0 bridgehead atoms. The van der Waals surface area contributed by atoms with E-state index in [0.29, 0.717) is 39.0 Å². The number of benzene rings is 2. The Morgan fingerprint density at radius 3 is 2.22 bits per heavy atom. The van der Waals surface area contributed by atoms with Gasteiger partial charge in [0.15, 0.2) is 0 Å². The molecule has 2 aliphatic rings. The molecule has 6 nitrogen and oxygen atoms in total. The normalized spacial score (nSPS) is 19.3. The zero-order valence-corrected chi connectivity index (χ0v) is 18.6. The van der Waals surface area contributed by atoms with Crippen LogP contribution in [0.4, 0.5) is 0 Å². The fourth-order valence-electron chi connectivity index (χ4n) is 5.15. The van der Waals surface area contributed by atoms with Crippen LogP contribution >= 0.6 is 0 Å². The zero-order valence-electron chi connectivity index (χ0n) is 18.6. The van der Waals surface area contributed by atoms with E-state index in [9.17, 15) is 19.8 Å². The van der Waals surface area contributed by atoms with Crippen molar-refractivity contribution >= 4 is 11.8 Å². The standard InChI is InChI=1S/C26H32N2O4/c1-2-22(29)24(31)28-17-20-10-6-7-11-21(20)26(18-28)12-14-27(15-13-26)25(32)23(30)16-19-8-4-3-5-9-19/h3-11,22-23,29-30H,2,12-18H2,1H3/t22-,23-/m0/s1. The van der Waals surface area contributed by atoms with Gasteiger partial charge in [0.1, 0.15) is 12.2 Å². The van der Waals surface area contributed by atoms with Crippen molar-refractivity contribution in [1.82, 2.24) is 9.80 Å². The number of aliphatic hydroxyl groups is 2. The average molecular weight is 437 g/mol. The van der Waals surface area contributed by atoms with Gasteiger partial charge in [-0.1, -0.05) is 61.5 Å². The summed E-state index contributed by atoms with van der Waals surface area (Å²) in [4.78, 5) is 29.2. The summed E-state index contributed by atoms with van der Waals surface area (Å²) in [6.07, 6.45) is 0.113. The van der Waals surface area contributed by atoms with Crippen LogP contribution in [0, 0.1) is 0 Å². The summed E-state index contributed by atoms with van der Waals surface area (Å²) in [6.45, 7) is 3.94. The molecule has 2 aromatic carbocycles. The zero-order chi connectivity index (χ0) is 22.7. The van der Waals surface area contributed by atoms with Crippen molar-refractivity contribution < 1.29 is 19.8 Å². The maximum absolute atomic E-state index is 12.9. The van der Waals surface area contributed by atoms with Crippen molar-refractivity contribution in [3.05, 3.63) is 71.3 Å². The predicted octanol–water partition coefficient (Wildman–Crippen LogP) is 2.26. The van der Waals surface area contributed by atoms with Crippen LogP contribution in [0.1, 0.15) is 42.9 Å². The number of likely N-dealkylation sites (tertiary alicyclic amines) is 1. The lowest BCUT2D eigenvalue weighted by Crippen LogP contribution is -2.56. The van der Waals surface area contributed by atoms with E-state index in [1.807, 2.05) is 42.5 Å².